The number of hydrogen-bond acceptors (Lipinski definition) is 10. The minimum Gasteiger partial charge on any atom is -0.494 e. The van der Waals surface area contributed by atoms with Crippen LogP contribution in [0.1, 0.15) is 59.8 Å². The van der Waals surface area contributed by atoms with E-state index in [1.807, 2.05) is 60.7 Å². The maximum absolute atomic E-state index is 8.12. The third kappa shape index (κ3) is 33.0. The summed E-state index contributed by atoms with van der Waals surface area (Å²) in [6.45, 7) is 14.1. The predicted octanol–water partition coefficient (Wildman–Crippen LogP) is 5.80. The fourth-order valence-electron chi connectivity index (χ4n) is 2.94. The minimum absolute atomic E-state index is 0.250. The van der Waals surface area contributed by atoms with Gasteiger partial charge in [0.1, 0.15) is 11.5 Å². The molecule has 43 heavy (non-hydrogen) atoms. The zero-order chi connectivity index (χ0) is 32.2. The van der Waals surface area contributed by atoms with Crippen molar-refractivity contribution < 1.29 is 47.6 Å². The number of benzene rings is 2. The molecule has 2 rings (SSSR count). The minimum atomic E-state index is 0.250. The summed E-state index contributed by atoms with van der Waals surface area (Å²) in [4.78, 5) is 32.5. The van der Waals surface area contributed by atoms with Crippen LogP contribution in [-0.2, 0) is 38.1 Å². The van der Waals surface area contributed by atoms with Crippen molar-refractivity contribution in [2.45, 2.75) is 72.0 Å². The Kier molecular flexibility index (Phi) is 33.8. The van der Waals surface area contributed by atoms with Gasteiger partial charge in [0.25, 0.3) is 0 Å². The molecule has 0 aliphatic heterocycles. The summed E-state index contributed by atoms with van der Waals surface area (Å²) in [6.07, 6.45) is 6.20. The molecule has 2 aromatic carbocycles. The van der Waals surface area contributed by atoms with Gasteiger partial charge in [0.05, 0.1) is 51.8 Å². The fourth-order valence-corrected chi connectivity index (χ4v) is 2.94. The highest BCUT2D eigenvalue weighted by Gasteiger charge is 1.99. The first-order chi connectivity index (χ1) is 21.0. The van der Waals surface area contributed by atoms with Gasteiger partial charge in [-0.25, -0.2) is 0 Å². The van der Waals surface area contributed by atoms with Gasteiger partial charge in [0, 0.05) is 19.6 Å². The van der Waals surface area contributed by atoms with Crippen molar-refractivity contribution in [3.8, 4) is 11.5 Å². The topological polar surface area (TPSA) is 124 Å². The molecule has 0 fully saturated rings. The van der Waals surface area contributed by atoms with Crippen LogP contribution < -0.4 is 9.47 Å². The largest absolute Gasteiger partial charge is 0.494 e. The van der Waals surface area contributed by atoms with E-state index in [2.05, 4.69) is 27.7 Å². The quantitative estimate of drug-likeness (QED) is 0.161. The lowest BCUT2D eigenvalue weighted by Gasteiger charge is -2.10. The van der Waals surface area contributed by atoms with Gasteiger partial charge in [0.15, 0.2) is 0 Å². The summed E-state index contributed by atoms with van der Waals surface area (Å²) in [5.74, 6) is 1.85. The number of carbonyl (C=O) groups excluding carboxylic acids is 4. The number of rotatable bonds is 21. The molecule has 2 aromatic rings. The summed E-state index contributed by atoms with van der Waals surface area (Å²) < 4.78 is 33.2. The van der Waals surface area contributed by atoms with Gasteiger partial charge in [-0.1, -0.05) is 50.2 Å². The van der Waals surface area contributed by atoms with Crippen molar-refractivity contribution in [1.29, 1.82) is 0 Å². The van der Waals surface area contributed by atoms with E-state index in [0.29, 0.717) is 45.2 Å². The van der Waals surface area contributed by atoms with Crippen LogP contribution in [0.4, 0.5) is 0 Å². The molecule has 0 saturated heterocycles. The Morgan fingerprint density at radius 1 is 0.512 bits per heavy atom. The van der Waals surface area contributed by atoms with Gasteiger partial charge in [-0.05, 0) is 63.8 Å². The second kappa shape index (κ2) is 34.8. The van der Waals surface area contributed by atoms with Crippen LogP contribution in [-0.4, -0.2) is 77.4 Å². The normalized spacial score (nSPS) is 11.0. The Bertz CT molecular complexity index is 871. The molecule has 0 N–H and O–H groups in total. The Balaban J connectivity index is 0. The highest BCUT2D eigenvalue weighted by Crippen LogP contribution is 2.09. The molecule has 0 radical (unpaired) electrons. The summed E-state index contributed by atoms with van der Waals surface area (Å²) in [5.41, 5.74) is 0. The summed E-state index contributed by atoms with van der Waals surface area (Å²) >= 11 is 0. The van der Waals surface area contributed by atoms with E-state index in [9.17, 15) is 0 Å². The summed E-state index contributed by atoms with van der Waals surface area (Å²) in [7, 11) is 0. The molecule has 10 heteroatoms. The Hall–Kier alpha value is -3.36. The molecule has 0 saturated carbocycles. The highest BCUT2D eigenvalue weighted by atomic mass is 16.5. The first-order valence-corrected chi connectivity index (χ1v) is 14.7. The van der Waals surface area contributed by atoms with Gasteiger partial charge in [-0.3, -0.25) is 0 Å². The van der Waals surface area contributed by atoms with Crippen molar-refractivity contribution in [1.82, 2.24) is 0 Å². The standard InChI is InChI=1S/C16H26O3.C15H24O3.2CO2/c1-3-15(2)18-14-13-17-11-7-8-12-19-16-9-5-4-6-10-16;1-3-14(2)17-13-12-16-10-7-11-18-15-8-5-4-6-9-15;2*2-1-3/h4-6,9-10,15H,3,7-8,11-14H2,1-2H3;4-6,8-9,14H,3,7,10-13H2,1-2H3;;. The van der Waals surface area contributed by atoms with Gasteiger partial charge in [-0.2, -0.15) is 19.2 Å². The third-order valence-corrected chi connectivity index (χ3v) is 5.55. The Morgan fingerprint density at radius 2 is 0.860 bits per heavy atom. The lowest BCUT2D eigenvalue weighted by Crippen LogP contribution is -2.13. The second-order valence-corrected chi connectivity index (χ2v) is 8.95. The van der Waals surface area contributed by atoms with E-state index in [-0.39, 0.29) is 12.3 Å². The maximum Gasteiger partial charge on any atom is 0.373 e. The monoisotopic (exact) mass is 606 g/mol. The highest BCUT2D eigenvalue weighted by molar-refractivity contribution is 5.21. The molecule has 0 bridgehead atoms. The number of unbranched alkanes of at least 4 members (excludes halogenated alkanes) is 1. The van der Waals surface area contributed by atoms with E-state index in [1.54, 1.807) is 0 Å². The van der Waals surface area contributed by atoms with Crippen LogP contribution in [0.3, 0.4) is 0 Å². The van der Waals surface area contributed by atoms with Crippen LogP contribution in [0, 0.1) is 0 Å². The van der Waals surface area contributed by atoms with E-state index < -0.39 is 0 Å². The molecular weight excluding hydrogens is 556 g/mol. The number of hydrogen-bond donors (Lipinski definition) is 0. The van der Waals surface area contributed by atoms with Crippen LogP contribution >= 0.6 is 0 Å². The molecule has 2 unspecified atom stereocenters. The molecule has 242 valence electrons. The smallest absolute Gasteiger partial charge is 0.373 e. The van der Waals surface area contributed by atoms with Crippen LogP contribution in [0.2, 0.25) is 0 Å². The van der Waals surface area contributed by atoms with E-state index in [0.717, 1.165) is 63.4 Å². The molecule has 10 nitrogen and oxygen atoms in total. The van der Waals surface area contributed by atoms with Crippen molar-refractivity contribution in [2.24, 2.45) is 0 Å². The van der Waals surface area contributed by atoms with E-state index in [4.69, 9.17) is 47.6 Å². The average molecular weight is 607 g/mol. The number of ether oxygens (including phenoxy) is 6. The average Bonchev–Trinajstić information content (AvgIpc) is 3.03. The van der Waals surface area contributed by atoms with Crippen LogP contribution in [0.25, 0.3) is 0 Å². The fraction of sp³-hybridized carbons (Fsp3) is 0.576. The molecule has 2 atom stereocenters. The van der Waals surface area contributed by atoms with Crippen molar-refractivity contribution >= 4 is 12.3 Å². The Labute approximate surface area is 256 Å². The first-order valence-electron chi connectivity index (χ1n) is 14.7. The maximum atomic E-state index is 8.12. The summed E-state index contributed by atoms with van der Waals surface area (Å²) in [6, 6.07) is 19.7. The zero-order valence-electron chi connectivity index (χ0n) is 26.2. The van der Waals surface area contributed by atoms with E-state index >= 15 is 0 Å². The molecular formula is C33H50O10. The van der Waals surface area contributed by atoms with Gasteiger partial charge in [-0.15, -0.1) is 0 Å². The lowest BCUT2D eigenvalue weighted by atomic mass is 10.3. The van der Waals surface area contributed by atoms with Crippen LogP contribution in [0.15, 0.2) is 60.7 Å². The predicted molar refractivity (Wildman–Crippen MR) is 161 cm³/mol. The molecule has 0 aliphatic carbocycles. The number of para-hydroxylation sites is 2. The molecule has 0 heterocycles. The van der Waals surface area contributed by atoms with Crippen molar-refractivity contribution in [3.05, 3.63) is 60.7 Å². The molecule has 0 aromatic heterocycles. The SMILES string of the molecule is CCC(C)OCCOCCCCOc1ccccc1.CCC(C)OCCOCCCOc1ccccc1.O=C=O.O=C=O. The van der Waals surface area contributed by atoms with Gasteiger partial charge < -0.3 is 28.4 Å². The van der Waals surface area contributed by atoms with Gasteiger partial charge >= 0.3 is 12.3 Å². The lowest BCUT2D eigenvalue weighted by molar-refractivity contribution is -0.193. The Morgan fingerprint density at radius 3 is 1.26 bits per heavy atom. The molecule has 0 aliphatic rings. The van der Waals surface area contributed by atoms with Crippen molar-refractivity contribution in [3.63, 3.8) is 0 Å². The molecule has 0 amide bonds. The third-order valence-electron chi connectivity index (χ3n) is 5.55. The first kappa shape index (κ1) is 41.8. The molecule has 0 spiro atoms. The second-order valence-electron chi connectivity index (χ2n) is 8.95. The van der Waals surface area contributed by atoms with Gasteiger partial charge in [0.2, 0.25) is 0 Å². The summed E-state index contributed by atoms with van der Waals surface area (Å²) in [5, 5.41) is 0. The van der Waals surface area contributed by atoms with Crippen LogP contribution in [0.5, 0.6) is 11.5 Å². The zero-order valence-corrected chi connectivity index (χ0v) is 26.2. The van der Waals surface area contributed by atoms with Crippen molar-refractivity contribution in [2.75, 3.05) is 52.9 Å². The van der Waals surface area contributed by atoms with E-state index in [1.165, 1.54) is 0 Å².